The number of rotatable bonds is 9. The maximum Gasteiger partial charge on any atom is 0.253 e. The number of likely N-dealkylation sites (N-methyl/N-ethyl adjacent to an activating group) is 1. The minimum atomic E-state index is -1.21. The Bertz CT molecular complexity index is 1330. The fourth-order valence-electron chi connectivity index (χ4n) is 6.67. The number of hydrogen-bond acceptors (Lipinski definition) is 5. The predicted molar refractivity (Wildman–Crippen MR) is 153 cm³/mol. The number of amides is 3. The van der Waals surface area contributed by atoms with Crippen LogP contribution >= 0.6 is 15.9 Å². The molecule has 3 aliphatic rings. The summed E-state index contributed by atoms with van der Waals surface area (Å²) in [5.41, 5.74) is -0.536. The molecule has 1 spiro atoms. The molecule has 1 N–H and O–H groups in total. The Morgan fingerprint density at radius 1 is 1.18 bits per heavy atom. The lowest BCUT2D eigenvalue weighted by Gasteiger charge is -2.38. The number of carbonyl (C=O) groups is 3. The summed E-state index contributed by atoms with van der Waals surface area (Å²) in [6, 6.07) is 12.0. The first-order valence-electron chi connectivity index (χ1n) is 13.2. The number of anilines is 1. The van der Waals surface area contributed by atoms with Crippen molar-refractivity contribution < 1.29 is 24.2 Å². The topological polar surface area (TPSA) is 90.4 Å². The van der Waals surface area contributed by atoms with Gasteiger partial charge in [0.1, 0.15) is 11.6 Å². The van der Waals surface area contributed by atoms with Gasteiger partial charge in [-0.2, -0.15) is 0 Å². The van der Waals surface area contributed by atoms with Gasteiger partial charge < -0.3 is 24.5 Å². The third kappa shape index (κ3) is 4.22. The number of aliphatic hydroxyl groups excluding tert-OH is 1. The van der Waals surface area contributed by atoms with E-state index in [1.54, 1.807) is 31.0 Å². The van der Waals surface area contributed by atoms with Gasteiger partial charge in [0.05, 0.1) is 30.6 Å². The van der Waals surface area contributed by atoms with E-state index >= 15 is 0 Å². The maximum absolute atomic E-state index is 14.6. The van der Waals surface area contributed by atoms with Gasteiger partial charge in [0.15, 0.2) is 0 Å². The number of likely N-dealkylation sites (tertiary alicyclic amines) is 1. The zero-order valence-electron chi connectivity index (χ0n) is 22.2. The number of hydrogen-bond donors (Lipinski definition) is 1. The van der Waals surface area contributed by atoms with E-state index < -0.39 is 35.6 Å². The van der Waals surface area contributed by atoms with Crippen LogP contribution in [0.5, 0.6) is 0 Å². The van der Waals surface area contributed by atoms with Crippen LogP contribution in [0.4, 0.5) is 5.69 Å². The Morgan fingerprint density at radius 2 is 1.87 bits per heavy atom. The Labute approximate surface area is 237 Å². The monoisotopic (exact) mass is 595 g/mol. The Morgan fingerprint density at radius 3 is 2.54 bits per heavy atom. The first kappa shape index (κ1) is 27.6. The van der Waals surface area contributed by atoms with Crippen LogP contribution < -0.4 is 4.90 Å². The number of alkyl halides is 1. The first-order chi connectivity index (χ1) is 18.7. The van der Waals surface area contributed by atoms with Crippen molar-refractivity contribution in [1.82, 2.24) is 9.80 Å². The summed E-state index contributed by atoms with van der Waals surface area (Å²) >= 11 is 3.70. The summed E-state index contributed by atoms with van der Waals surface area (Å²) in [6.45, 7) is 9.52. The molecule has 3 saturated heterocycles. The second-order valence-corrected chi connectivity index (χ2v) is 11.9. The van der Waals surface area contributed by atoms with Gasteiger partial charge in [0.2, 0.25) is 11.8 Å². The third-order valence-corrected chi connectivity index (χ3v) is 9.23. The number of fused-ring (bicyclic) bond motifs is 2. The number of carbonyl (C=O) groups excluding carboxylic acids is 3. The van der Waals surface area contributed by atoms with Crippen LogP contribution in [0.1, 0.15) is 13.3 Å². The molecule has 3 aliphatic heterocycles. The molecular formula is C30H34BrN3O5. The van der Waals surface area contributed by atoms with Crippen molar-refractivity contribution in [2.24, 2.45) is 11.8 Å². The smallest absolute Gasteiger partial charge is 0.253 e. The van der Waals surface area contributed by atoms with Gasteiger partial charge >= 0.3 is 0 Å². The average Bonchev–Trinajstić information content (AvgIpc) is 3.53. The third-order valence-electron chi connectivity index (χ3n) is 8.39. The molecule has 2 aromatic carbocycles. The van der Waals surface area contributed by atoms with Gasteiger partial charge in [0, 0.05) is 30.7 Å². The SMILES string of the molecule is C=CCN(C)C(=O)[C@H]1[C@@H]2OC3(CC2Br)C(C(=O)N(CC=C)c2ccc4ccccc4c2)N([C@H](C)CO)C(=O)[C@H]13. The highest BCUT2D eigenvalue weighted by Crippen LogP contribution is 2.60. The Balaban J connectivity index is 1.60. The van der Waals surface area contributed by atoms with Crippen molar-refractivity contribution in [3.05, 3.63) is 67.8 Å². The number of halogens is 1. The molecule has 3 amide bonds. The van der Waals surface area contributed by atoms with E-state index in [1.165, 1.54) is 9.80 Å². The van der Waals surface area contributed by atoms with Crippen LogP contribution in [0.2, 0.25) is 0 Å². The van der Waals surface area contributed by atoms with Crippen LogP contribution in [0.15, 0.2) is 67.8 Å². The minimum Gasteiger partial charge on any atom is -0.394 e. The van der Waals surface area contributed by atoms with E-state index in [-0.39, 0.29) is 35.7 Å². The van der Waals surface area contributed by atoms with Crippen LogP contribution in [-0.2, 0) is 19.1 Å². The van der Waals surface area contributed by atoms with Crippen LogP contribution in [0, 0.1) is 11.8 Å². The highest BCUT2D eigenvalue weighted by Gasteiger charge is 2.77. The number of benzene rings is 2. The van der Waals surface area contributed by atoms with E-state index in [0.717, 1.165) is 10.8 Å². The van der Waals surface area contributed by atoms with Crippen molar-refractivity contribution in [3.8, 4) is 0 Å². The summed E-state index contributed by atoms with van der Waals surface area (Å²) in [5, 5.41) is 12.2. The number of ether oxygens (including phenoxy) is 1. The fourth-order valence-corrected chi connectivity index (χ4v) is 7.62. The van der Waals surface area contributed by atoms with Gasteiger partial charge in [0.25, 0.3) is 5.91 Å². The molecule has 2 bridgehead atoms. The van der Waals surface area contributed by atoms with Crippen molar-refractivity contribution in [2.75, 3.05) is 31.6 Å². The number of nitrogens with zero attached hydrogens (tertiary/aromatic N) is 3. The quantitative estimate of drug-likeness (QED) is 0.355. The van der Waals surface area contributed by atoms with Gasteiger partial charge in [-0.25, -0.2) is 0 Å². The Kier molecular flexibility index (Phi) is 7.43. The van der Waals surface area contributed by atoms with Crippen LogP contribution in [0.3, 0.4) is 0 Å². The van der Waals surface area contributed by atoms with E-state index in [4.69, 9.17) is 4.74 Å². The van der Waals surface area contributed by atoms with Gasteiger partial charge in [-0.05, 0) is 36.2 Å². The summed E-state index contributed by atoms with van der Waals surface area (Å²) < 4.78 is 6.58. The molecule has 3 fully saturated rings. The molecule has 0 saturated carbocycles. The molecule has 206 valence electrons. The highest BCUT2D eigenvalue weighted by atomic mass is 79.9. The number of aliphatic hydroxyl groups is 1. The lowest BCUT2D eigenvalue weighted by Crippen LogP contribution is -2.58. The molecular weight excluding hydrogens is 562 g/mol. The zero-order chi connectivity index (χ0) is 28.1. The lowest BCUT2D eigenvalue weighted by atomic mass is 9.70. The maximum atomic E-state index is 14.6. The highest BCUT2D eigenvalue weighted by molar-refractivity contribution is 9.09. The molecule has 7 atom stereocenters. The van der Waals surface area contributed by atoms with E-state index in [9.17, 15) is 19.5 Å². The van der Waals surface area contributed by atoms with Crippen LogP contribution in [0.25, 0.3) is 10.8 Å². The van der Waals surface area contributed by atoms with Crippen LogP contribution in [-0.4, -0.2) is 88.0 Å². The molecule has 8 nitrogen and oxygen atoms in total. The molecule has 9 heteroatoms. The average molecular weight is 597 g/mol. The predicted octanol–water partition coefficient (Wildman–Crippen LogP) is 3.13. The van der Waals surface area contributed by atoms with Crippen molar-refractivity contribution in [3.63, 3.8) is 0 Å². The summed E-state index contributed by atoms with van der Waals surface area (Å²) in [7, 11) is 1.67. The lowest BCUT2D eigenvalue weighted by molar-refractivity contribution is -0.146. The summed E-state index contributed by atoms with van der Waals surface area (Å²) in [5.74, 6) is -2.46. The molecule has 0 aromatic heterocycles. The minimum absolute atomic E-state index is 0.208. The molecule has 3 unspecified atom stereocenters. The molecule has 0 radical (unpaired) electrons. The molecule has 0 aliphatic carbocycles. The van der Waals surface area contributed by atoms with Crippen molar-refractivity contribution in [2.45, 2.75) is 42.0 Å². The zero-order valence-corrected chi connectivity index (χ0v) is 23.8. The molecule has 3 heterocycles. The standard InChI is InChI=1S/C30H34BrN3O5/c1-5-13-32(4)27(36)23-24-28(37)34(18(3)17-35)26(30(24)16-22(31)25(23)39-30)29(38)33(14-6-2)21-12-11-19-9-7-8-10-20(19)15-21/h5-12,15,18,22-26,35H,1-2,13-14,16-17H2,3-4H3/t18-,22?,23-,24+,25-,26?,30?/m1/s1. The molecule has 2 aromatic rings. The summed E-state index contributed by atoms with van der Waals surface area (Å²) in [6.07, 6.45) is 3.13. The van der Waals surface area contributed by atoms with E-state index in [0.29, 0.717) is 18.7 Å². The van der Waals surface area contributed by atoms with Gasteiger partial charge in [-0.1, -0.05) is 58.4 Å². The van der Waals surface area contributed by atoms with Gasteiger partial charge in [-0.15, -0.1) is 13.2 Å². The second kappa shape index (κ2) is 10.5. The van der Waals surface area contributed by atoms with Crippen molar-refractivity contribution in [1.29, 1.82) is 0 Å². The van der Waals surface area contributed by atoms with E-state index in [2.05, 4.69) is 29.1 Å². The fraction of sp³-hybridized carbons (Fsp3) is 0.433. The molecule has 39 heavy (non-hydrogen) atoms. The first-order valence-corrected chi connectivity index (χ1v) is 14.1. The Hall–Kier alpha value is -3.01. The second-order valence-electron chi connectivity index (χ2n) is 10.7. The summed E-state index contributed by atoms with van der Waals surface area (Å²) in [4.78, 5) is 46.7. The normalized spacial score (nSPS) is 29.8. The van der Waals surface area contributed by atoms with Gasteiger partial charge in [-0.3, -0.25) is 14.4 Å². The van der Waals surface area contributed by atoms with E-state index in [1.807, 2.05) is 42.5 Å². The van der Waals surface area contributed by atoms with Crippen molar-refractivity contribution >= 4 is 50.1 Å². The largest absolute Gasteiger partial charge is 0.394 e. The molecule has 5 rings (SSSR count).